The zero-order valence-electron chi connectivity index (χ0n) is 15.6. The maximum absolute atomic E-state index is 12.6. The van der Waals surface area contributed by atoms with E-state index < -0.39 is 0 Å². The highest BCUT2D eigenvalue weighted by molar-refractivity contribution is 7.19. The van der Waals surface area contributed by atoms with Gasteiger partial charge in [0.15, 0.2) is 5.13 Å². The van der Waals surface area contributed by atoms with Crippen LogP contribution in [0.15, 0.2) is 65.2 Å². The molecule has 5 nitrogen and oxygen atoms in total. The van der Waals surface area contributed by atoms with Crippen LogP contribution in [0, 0.1) is 13.8 Å². The summed E-state index contributed by atoms with van der Waals surface area (Å²) in [5.74, 6) is 0.532. The van der Waals surface area contributed by atoms with Gasteiger partial charge in [0, 0.05) is 11.1 Å². The topological polar surface area (TPSA) is 68.0 Å². The number of carbonyl (C=O) groups is 1. The Morgan fingerprint density at radius 3 is 2.25 bits per heavy atom. The van der Waals surface area contributed by atoms with Crippen molar-refractivity contribution >= 4 is 22.4 Å². The Morgan fingerprint density at radius 2 is 1.64 bits per heavy atom. The van der Waals surface area contributed by atoms with Crippen LogP contribution in [0.2, 0.25) is 0 Å². The lowest BCUT2D eigenvalue weighted by Gasteiger charge is -2.02. The number of amides is 1. The van der Waals surface area contributed by atoms with Crippen LogP contribution in [-0.2, 0) is 11.2 Å². The van der Waals surface area contributed by atoms with E-state index in [1.165, 1.54) is 11.3 Å². The molecule has 28 heavy (non-hydrogen) atoms. The van der Waals surface area contributed by atoms with Crippen molar-refractivity contribution in [3.63, 3.8) is 0 Å². The highest BCUT2D eigenvalue weighted by atomic mass is 32.1. The quantitative estimate of drug-likeness (QED) is 0.505. The van der Waals surface area contributed by atoms with E-state index in [0.717, 1.165) is 33.0 Å². The Kier molecular flexibility index (Phi) is 5.04. The molecular formula is C22H19N3O2S. The van der Waals surface area contributed by atoms with Gasteiger partial charge in [0.25, 0.3) is 0 Å². The molecule has 0 saturated heterocycles. The van der Waals surface area contributed by atoms with Crippen LogP contribution in [-0.4, -0.2) is 16.0 Å². The molecule has 0 aliphatic heterocycles. The molecule has 2 aromatic carbocycles. The number of aromatic nitrogens is 2. The summed E-state index contributed by atoms with van der Waals surface area (Å²) in [4.78, 5) is 18.3. The minimum atomic E-state index is -0.137. The molecule has 0 unspecified atom stereocenters. The number of nitrogens with one attached hydrogen (secondary N) is 1. The largest absolute Gasteiger partial charge is 0.361 e. The van der Waals surface area contributed by atoms with Crippen LogP contribution in [0.1, 0.15) is 17.0 Å². The number of anilines is 1. The molecule has 0 atom stereocenters. The van der Waals surface area contributed by atoms with Gasteiger partial charge in [-0.05, 0) is 19.4 Å². The van der Waals surface area contributed by atoms with Gasteiger partial charge in [0.05, 0.1) is 22.7 Å². The fourth-order valence-electron chi connectivity index (χ4n) is 3.03. The summed E-state index contributed by atoms with van der Waals surface area (Å²) in [6, 6.07) is 20.1. The lowest BCUT2D eigenvalue weighted by atomic mass is 10.1. The van der Waals surface area contributed by atoms with Crippen molar-refractivity contribution < 1.29 is 9.32 Å². The lowest BCUT2D eigenvalue weighted by molar-refractivity contribution is -0.115. The van der Waals surface area contributed by atoms with Crippen LogP contribution >= 0.6 is 11.3 Å². The lowest BCUT2D eigenvalue weighted by Crippen LogP contribution is -2.15. The van der Waals surface area contributed by atoms with E-state index in [1.807, 2.05) is 62.4 Å². The minimum absolute atomic E-state index is 0.137. The Labute approximate surface area is 167 Å². The molecule has 1 amide bonds. The first-order chi connectivity index (χ1) is 13.6. The smallest absolute Gasteiger partial charge is 0.230 e. The second-order valence-corrected chi connectivity index (χ2v) is 7.46. The number of thiazole rings is 1. The maximum atomic E-state index is 12.6. The summed E-state index contributed by atoms with van der Waals surface area (Å²) in [6.45, 7) is 3.65. The van der Waals surface area contributed by atoms with Crippen LogP contribution in [0.4, 0.5) is 5.13 Å². The van der Waals surface area contributed by atoms with Gasteiger partial charge in [-0.1, -0.05) is 77.2 Å². The van der Waals surface area contributed by atoms with E-state index in [2.05, 4.69) is 22.6 Å². The molecule has 4 rings (SSSR count). The molecule has 6 heteroatoms. The standard InChI is InChI=1S/C22H19N3O2S/c1-14-18(15(2)27-25-14)13-19(26)23-22-24-20(16-9-5-3-6-10-16)21(28-22)17-11-7-4-8-12-17/h3-12H,13H2,1-2H3,(H,23,24,26). The molecule has 0 aliphatic rings. The van der Waals surface area contributed by atoms with E-state index in [0.29, 0.717) is 10.9 Å². The molecule has 2 aromatic heterocycles. The summed E-state index contributed by atoms with van der Waals surface area (Å²) < 4.78 is 5.14. The van der Waals surface area contributed by atoms with Crippen molar-refractivity contribution in [2.75, 3.05) is 5.32 Å². The van der Waals surface area contributed by atoms with Crippen LogP contribution in [0.5, 0.6) is 0 Å². The molecule has 0 radical (unpaired) electrons. The number of carbonyl (C=O) groups excluding carboxylic acids is 1. The number of hydrogen-bond acceptors (Lipinski definition) is 5. The van der Waals surface area contributed by atoms with Crippen molar-refractivity contribution in [1.29, 1.82) is 0 Å². The maximum Gasteiger partial charge on any atom is 0.230 e. The van der Waals surface area contributed by atoms with Gasteiger partial charge in [-0.2, -0.15) is 0 Å². The number of nitrogens with zero attached hydrogens (tertiary/aromatic N) is 2. The summed E-state index contributed by atoms with van der Waals surface area (Å²) in [6.07, 6.45) is 0.210. The van der Waals surface area contributed by atoms with Gasteiger partial charge in [-0.15, -0.1) is 0 Å². The van der Waals surface area contributed by atoms with Crippen molar-refractivity contribution in [2.45, 2.75) is 20.3 Å². The molecule has 2 heterocycles. The van der Waals surface area contributed by atoms with Crippen LogP contribution in [0.25, 0.3) is 21.7 Å². The molecular weight excluding hydrogens is 370 g/mol. The average molecular weight is 389 g/mol. The number of benzene rings is 2. The SMILES string of the molecule is Cc1noc(C)c1CC(=O)Nc1nc(-c2ccccc2)c(-c2ccccc2)s1. The first kappa shape index (κ1) is 18.1. The Balaban J connectivity index is 1.65. The molecule has 0 spiro atoms. The van der Waals surface area contributed by atoms with Crippen LogP contribution < -0.4 is 5.32 Å². The molecule has 0 bridgehead atoms. The summed E-state index contributed by atoms with van der Waals surface area (Å²) >= 11 is 1.47. The fraction of sp³-hybridized carbons (Fsp3) is 0.136. The Bertz CT molecular complexity index is 1030. The zero-order valence-corrected chi connectivity index (χ0v) is 16.4. The van der Waals surface area contributed by atoms with E-state index >= 15 is 0 Å². The minimum Gasteiger partial charge on any atom is -0.361 e. The predicted molar refractivity (Wildman–Crippen MR) is 111 cm³/mol. The van der Waals surface area contributed by atoms with Gasteiger partial charge in [0.2, 0.25) is 5.91 Å². The van der Waals surface area contributed by atoms with Crippen molar-refractivity contribution in [3.8, 4) is 21.7 Å². The third-order valence-corrected chi connectivity index (χ3v) is 5.50. The second kappa shape index (κ2) is 7.78. The molecule has 0 fully saturated rings. The highest BCUT2D eigenvalue weighted by Crippen LogP contribution is 2.38. The van der Waals surface area contributed by atoms with Crippen molar-refractivity contribution in [1.82, 2.24) is 10.1 Å². The van der Waals surface area contributed by atoms with Crippen molar-refractivity contribution in [2.24, 2.45) is 0 Å². The average Bonchev–Trinajstić information content (AvgIpc) is 3.28. The Morgan fingerprint density at radius 1 is 1.00 bits per heavy atom. The van der Waals surface area contributed by atoms with Crippen molar-refractivity contribution in [3.05, 3.63) is 77.7 Å². The van der Waals surface area contributed by atoms with Gasteiger partial charge >= 0.3 is 0 Å². The summed E-state index contributed by atoms with van der Waals surface area (Å²) in [5, 5.41) is 7.42. The first-order valence-corrected chi connectivity index (χ1v) is 9.76. The third kappa shape index (κ3) is 3.73. The second-order valence-electron chi connectivity index (χ2n) is 6.46. The molecule has 1 N–H and O–H groups in total. The monoisotopic (exact) mass is 389 g/mol. The molecule has 4 aromatic rings. The van der Waals surface area contributed by atoms with Gasteiger partial charge in [-0.25, -0.2) is 4.98 Å². The normalized spacial score (nSPS) is 10.8. The molecule has 140 valence electrons. The van der Waals surface area contributed by atoms with E-state index in [9.17, 15) is 4.79 Å². The van der Waals surface area contributed by atoms with E-state index in [1.54, 1.807) is 0 Å². The molecule has 0 saturated carbocycles. The van der Waals surface area contributed by atoms with Gasteiger partial charge < -0.3 is 9.84 Å². The van der Waals surface area contributed by atoms with E-state index in [-0.39, 0.29) is 12.3 Å². The third-order valence-electron chi connectivity index (χ3n) is 4.48. The highest BCUT2D eigenvalue weighted by Gasteiger charge is 2.18. The first-order valence-electron chi connectivity index (χ1n) is 8.95. The molecule has 0 aliphatic carbocycles. The van der Waals surface area contributed by atoms with Gasteiger partial charge in [-0.3, -0.25) is 4.79 Å². The summed E-state index contributed by atoms with van der Waals surface area (Å²) in [5.41, 5.74) is 4.51. The number of hydrogen-bond donors (Lipinski definition) is 1. The number of rotatable bonds is 5. The fourth-order valence-corrected chi connectivity index (χ4v) is 4.04. The van der Waals surface area contributed by atoms with Gasteiger partial charge in [0.1, 0.15) is 5.76 Å². The zero-order chi connectivity index (χ0) is 19.5. The predicted octanol–water partition coefficient (Wildman–Crippen LogP) is 5.26. The van der Waals surface area contributed by atoms with Crippen LogP contribution in [0.3, 0.4) is 0 Å². The number of aryl methyl sites for hydroxylation is 2. The summed E-state index contributed by atoms with van der Waals surface area (Å²) in [7, 11) is 0. The Hall–Kier alpha value is -3.25. The van der Waals surface area contributed by atoms with E-state index in [4.69, 9.17) is 9.51 Å².